The molecule has 0 saturated carbocycles. The summed E-state index contributed by atoms with van der Waals surface area (Å²) in [7, 11) is 0. The van der Waals surface area contributed by atoms with E-state index in [0.29, 0.717) is 19.6 Å². The fourth-order valence-corrected chi connectivity index (χ4v) is 4.77. The molecule has 4 nitrogen and oxygen atoms in total. The second kappa shape index (κ2) is 9.59. The first-order chi connectivity index (χ1) is 16.1. The van der Waals surface area contributed by atoms with Gasteiger partial charge in [0.1, 0.15) is 17.4 Å². The van der Waals surface area contributed by atoms with E-state index >= 15 is 0 Å². The van der Waals surface area contributed by atoms with Gasteiger partial charge in [-0.2, -0.15) is 0 Å². The number of hydrogen-bond acceptors (Lipinski definition) is 4. The maximum absolute atomic E-state index is 13.5. The van der Waals surface area contributed by atoms with Gasteiger partial charge in [-0.1, -0.05) is 36.4 Å². The molecule has 0 radical (unpaired) electrons. The van der Waals surface area contributed by atoms with Crippen LogP contribution in [0.1, 0.15) is 34.6 Å². The van der Waals surface area contributed by atoms with E-state index in [1.807, 2.05) is 6.07 Å². The normalized spacial score (nSPS) is 22.2. The van der Waals surface area contributed by atoms with Crippen molar-refractivity contribution in [2.75, 3.05) is 13.2 Å². The molecule has 3 unspecified atom stereocenters. The third-order valence-corrected chi connectivity index (χ3v) is 6.59. The van der Waals surface area contributed by atoms with E-state index in [1.165, 1.54) is 29.8 Å². The van der Waals surface area contributed by atoms with Crippen molar-refractivity contribution in [3.05, 3.63) is 101 Å². The van der Waals surface area contributed by atoms with Crippen LogP contribution < -0.4 is 10.1 Å². The Hall–Kier alpha value is -2.80. The molecule has 0 bridgehead atoms. The van der Waals surface area contributed by atoms with Crippen molar-refractivity contribution in [1.29, 1.82) is 0 Å². The highest BCUT2D eigenvalue weighted by Gasteiger charge is 2.35. The topological polar surface area (TPSA) is 50.7 Å². The van der Waals surface area contributed by atoms with E-state index in [9.17, 15) is 13.9 Å². The van der Waals surface area contributed by atoms with Crippen molar-refractivity contribution in [3.8, 4) is 5.75 Å². The number of rotatable bonds is 6. The van der Waals surface area contributed by atoms with Crippen LogP contribution in [-0.2, 0) is 17.7 Å². The quantitative estimate of drug-likeness (QED) is 0.586. The number of hydrogen-bond donors (Lipinski definition) is 2. The Balaban J connectivity index is 1.28. The predicted molar refractivity (Wildman–Crippen MR) is 121 cm³/mol. The molecule has 33 heavy (non-hydrogen) atoms. The van der Waals surface area contributed by atoms with Gasteiger partial charge in [0, 0.05) is 25.3 Å². The monoisotopic (exact) mass is 451 g/mol. The molecule has 1 saturated heterocycles. The van der Waals surface area contributed by atoms with E-state index < -0.39 is 6.10 Å². The van der Waals surface area contributed by atoms with Crippen molar-refractivity contribution in [1.82, 2.24) is 5.32 Å². The summed E-state index contributed by atoms with van der Waals surface area (Å²) < 4.78 is 38.9. The van der Waals surface area contributed by atoms with Gasteiger partial charge >= 0.3 is 0 Å². The summed E-state index contributed by atoms with van der Waals surface area (Å²) in [4.78, 5) is 0. The molecule has 172 valence electrons. The fourth-order valence-electron chi connectivity index (χ4n) is 4.77. The minimum absolute atomic E-state index is 0.211. The van der Waals surface area contributed by atoms with Crippen LogP contribution in [0.3, 0.4) is 0 Å². The predicted octanol–water partition coefficient (Wildman–Crippen LogP) is 4.34. The van der Waals surface area contributed by atoms with Crippen LogP contribution in [0.5, 0.6) is 5.75 Å². The Morgan fingerprint density at radius 2 is 1.61 bits per heavy atom. The van der Waals surface area contributed by atoms with Gasteiger partial charge in [-0.3, -0.25) is 0 Å². The molecular formula is C27H27F2NO3. The van der Waals surface area contributed by atoms with Gasteiger partial charge in [0.05, 0.1) is 31.5 Å². The van der Waals surface area contributed by atoms with E-state index in [2.05, 4.69) is 17.4 Å². The first kappa shape index (κ1) is 22.0. The molecule has 3 aromatic rings. The summed E-state index contributed by atoms with van der Waals surface area (Å²) in [5.41, 5.74) is 4.06. The van der Waals surface area contributed by atoms with E-state index in [-0.39, 0.29) is 29.7 Å². The molecule has 2 aliphatic heterocycles. The number of fused-ring (bicyclic) bond motifs is 1. The van der Waals surface area contributed by atoms with Crippen LogP contribution in [0.2, 0.25) is 0 Å². The zero-order valence-electron chi connectivity index (χ0n) is 18.2. The van der Waals surface area contributed by atoms with Crippen molar-refractivity contribution in [2.24, 2.45) is 0 Å². The molecule has 0 aliphatic carbocycles. The minimum Gasteiger partial charge on any atom is -0.493 e. The summed E-state index contributed by atoms with van der Waals surface area (Å²) in [5, 5.41) is 14.3. The van der Waals surface area contributed by atoms with Crippen LogP contribution >= 0.6 is 0 Å². The van der Waals surface area contributed by atoms with Gasteiger partial charge in [0.2, 0.25) is 0 Å². The number of aliphatic hydroxyl groups is 1. The molecule has 0 amide bonds. The number of aliphatic hydroxyl groups excluding tert-OH is 1. The van der Waals surface area contributed by atoms with Crippen molar-refractivity contribution < 1.29 is 23.4 Å². The highest BCUT2D eigenvalue weighted by Crippen LogP contribution is 2.35. The molecule has 2 aliphatic rings. The molecule has 5 rings (SSSR count). The third-order valence-electron chi connectivity index (χ3n) is 6.59. The van der Waals surface area contributed by atoms with Gasteiger partial charge in [0.15, 0.2) is 0 Å². The summed E-state index contributed by atoms with van der Waals surface area (Å²) >= 11 is 0. The molecule has 2 heterocycles. The third kappa shape index (κ3) is 4.93. The maximum atomic E-state index is 13.5. The van der Waals surface area contributed by atoms with Gasteiger partial charge < -0.3 is 19.9 Å². The van der Waals surface area contributed by atoms with E-state index in [0.717, 1.165) is 35.5 Å². The SMILES string of the molecule is OC1CC(C(c2ccc(F)cc2)c2ccc(F)cc2)OCC1NCc1ccc2c(c1)OCC2. The van der Waals surface area contributed by atoms with Crippen LogP contribution in [-0.4, -0.2) is 36.6 Å². The summed E-state index contributed by atoms with van der Waals surface area (Å²) in [6.07, 6.45) is 0.424. The van der Waals surface area contributed by atoms with Gasteiger partial charge in [-0.25, -0.2) is 8.78 Å². The lowest BCUT2D eigenvalue weighted by Gasteiger charge is -2.38. The molecule has 3 atom stereocenters. The Morgan fingerprint density at radius 1 is 0.939 bits per heavy atom. The lowest BCUT2D eigenvalue weighted by Crippen LogP contribution is -2.50. The Morgan fingerprint density at radius 3 is 2.24 bits per heavy atom. The van der Waals surface area contributed by atoms with Crippen molar-refractivity contribution in [3.63, 3.8) is 0 Å². The van der Waals surface area contributed by atoms with Crippen LogP contribution in [0.4, 0.5) is 8.78 Å². The van der Waals surface area contributed by atoms with Gasteiger partial charge in [0.25, 0.3) is 0 Å². The number of nitrogens with one attached hydrogen (secondary N) is 1. The molecule has 3 aromatic carbocycles. The second-order valence-electron chi connectivity index (χ2n) is 8.78. The fraction of sp³-hybridized carbons (Fsp3) is 0.333. The van der Waals surface area contributed by atoms with Crippen LogP contribution in [0.25, 0.3) is 0 Å². The molecular weight excluding hydrogens is 424 g/mol. The maximum Gasteiger partial charge on any atom is 0.123 e. The second-order valence-corrected chi connectivity index (χ2v) is 8.78. The van der Waals surface area contributed by atoms with E-state index in [1.54, 1.807) is 24.3 Å². The van der Waals surface area contributed by atoms with Crippen LogP contribution in [0.15, 0.2) is 66.7 Å². The smallest absolute Gasteiger partial charge is 0.123 e. The van der Waals surface area contributed by atoms with Gasteiger partial charge in [-0.15, -0.1) is 0 Å². The number of ether oxygens (including phenoxy) is 2. The summed E-state index contributed by atoms with van der Waals surface area (Å²) in [6.45, 7) is 1.67. The first-order valence-electron chi connectivity index (χ1n) is 11.4. The zero-order chi connectivity index (χ0) is 22.8. The largest absolute Gasteiger partial charge is 0.493 e. The van der Waals surface area contributed by atoms with Crippen LogP contribution in [0, 0.1) is 11.6 Å². The standard InChI is InChI=1S/C27H27F2NO3/c28-21-7-3-19(4-8-21)27(20-5-9-22(29)10-6-20)26-14-24(31)23(16-33-26)30-15-17-1-2-18-11-12-32-25(18)13-17/h1-10,13,23-24,26-27,30-31H,11-12,14-16H2. The molecule has 2 N–H and O–H groups in total. The lowest BCUT2D eigenvalue weighted by molar-refractivity contribution is -0.0718. The molecule has 0 spiro atoms. The summed E-state index contributed by atoms with van der Waals surface area (Å²) in [5.74, 6) is 0.0664. The first-order valence-corrected chi connectivity index (χ1v) is 11.4. The lowest BCUT2D eigenvalue weighted by atomic mass is 9.82. The average molecular weight is 452 g/mol. The number of halogens is 2. The Kier molecular flexibility index (Phi) is 6.40. The minimum atomic E-state index is -0.613. The van der Waals surface area contributed by atoms with Gasteiger partial charge in [-0.05, 0) is 52.6 Å². The van der Waals surface area contributed by atoms with Crippen molar-refractivity contribution >= 4 is 0 Å². The molecule has 0 aromatic heterocycles. The Bertz CT molecular complexity index is 1040. The Labute approximate surface area is 192 Å². The molecule has 1 fully saturated rings. The highest BCUT2D eigenvalue weighted by atomic mass is 19.1. The van der Waals surface area contributed by atoms with E-state index in [4.69, 9.17) is 9.47 Å². The highest BCUT2D eigenvalue weighted by molar-refractivity contribution is 5.40. The number of benzene rings is 3. The zero-order valence-corrected chi connectivity index (χ0v) is 18.2. The average Bonchev–Trinajstić information content (AvgIpc) is 3.29. The van der Waals surface area contributed by atoms with Crippen molar-refractivity contribution in [2.45, 2.75) is 43.6 Å². The summed E-state index contributed by atoms with van der Waals surface area (Å²) in [6, 6.07) is 18.6. The molecule has 6 heteroatoms.